The maximum atomic E-state index is 12.7. The van der Waals surface area contributed by atoms with Crippen molar-refractivity contribution in [1.82, 2.24) is 0 Å². The first-order valence-corrected chi connectivity index (χ1v) is 9.06. The summed E-state index contributed by atoms with van der Waals surface area (Å²) in [4.78, 5) is 2.21. The molecule has 6 heteroatoms. The van der Waals surface area contributed by atoms with E-state index in [0.29, 0.717) is 17.9 Å². The molecule has 0 atom stereocenters. The first-order chi connectivity index (χ1) is 11.6. The number of anilines is 1. The zero-order valence-corrected chi connectivity index (χ0v) is 14.4. The zero-order valence-electron chi connectivity index (χ0n) is 13.5. The van der Waals surface area contributed by atoms with Gasteiger partial charge in [0.25, 0.3) is 0 Å². The van der Waals surface area contributed by atoms with Gasteiger partial charge in [0, 0.05) is 14.2 Å². The van der Waals surface area contributed by atoms with E-state index in [4.69, 9.17) is 9.47 Å². The smallest absolute Gasteiger partial charge is 0.203 e. The molecule has 0 saturated carbocycles. The summed E-state index contributed by atoms with van der Waals surface area (Å²) in [5, 5.41) is 1.31. The summed E-state index contributed by atoms with van der Waals surface area (Å²) in [6, 6.07) is 16.4. The number of nitrogens with zero attached hydrogens (tertiary/aromatic N) is 1. The average Bonchev–Trinajstić information content (AvgIpc) is 2.62. The van der Waals surface area contributed by atoms with Crippen molar-refractivity contribution in [1.29, 1.82) is 0 Å². The van der Waals surface area contributed by atoms with Gasteiger partial charge in [0.1, 0.15) is 0 Å². The van der Waals surface area contributed by atoms with Crippen molar-refractivity contribution in [3.05, 3.63) is 65.6 Å². The van der Waals surface area contributed by atoms with Crippen LogP contribution in [0.15, 0.2) is 64.9 Å². The molecule has 0 spiro atoms. The molecule has 126 valence electrons. The fraction of sp³-hybridized carbons (Fsp3) is 0.222. The van der Waals surface area contributed by atoms with Crippen LogP contribution in [0.1, 0.15) is 5.56 Å². The summed E-state index contributed by atoms with van der Waals surface area (Å²) >= 11 is 0. The van der Waals surface area contributed by atoms with Crippen LogP contribution in [0.4, 0.5) is 5.69 Å². The Morgan fingerprint density at radius 2 is 1.58 bits per heavy atom. The van der Waals surface area contributed by atoms with Crippen LogP contribution >= 0.6 is 0 Å². The quantitative estimate of drug-likeness (QED) is 0.780. The lowest BCUT2D eigenvalue weighted by Gasteiger charge is -2.34. The van der Waals surface area contributed by atoms with Gasteiger partial charge in [-0.1, -0.05) is 42.5 Å². The van der Waals surface area contributed by atoms with Gasteiger partial charge in [-0.2, -0.15) is 0 Å². The van der Waals surface area contributed by atoms with Gasteiger partial charge in [-0.3, -0.25) is 0 Å². The highest BCUT2D eigenvalue weighted by atomic mass is 32.2. The van der Waals surface area contributed by atoms with Crippen LogP contribution < -0.4 is 4.90 Å². The monoisotopic (exact) mass is 345 g/mol. The van der Waals surface area contributed by atoms with E-state index in [1.165, 1.54) is 5.41 Å². The predicted molar refractivity (Wildman–Crippen MR) is 93.2 cm³/mol. The summed E-state index contributed by atoms with van der Waals surface area (Å²) in [7, 11) is -0.383. The number of hydrogen-bond acceptors (Lipinski definition) is 5. The van der Waals surface area contributed by atoms with Gasteiger partial charge in [0.05, 0.1) is 28.2 Å². The topological polar surface area (TPSA) is 55.8 Å². The predicted octanol–water partition coefficient (Wildman–Crippen LogP) is 2.90. The zero-order chi connectivity index (χ0) is 17.2. The molecule has 1 aliphatic heterocycles. The Bertz CT molecular complexity index is 842. The molecule has 0 bridgehead atoms. The third-order valence-electron chi connectivity index (χ3n) is 3.95. The van der Waals surface area contributed by atoms with Crippen LogP contribution in [0.3, 0.4) is 0 Å². The van der Waals surface area contributed by atoms with E-state index in [1.54, 1.807) is 32.4 Å². The number of para-hydroxylation sites is 1. The van der Waals surface area contributed by atoms with Crippen molar-refractivity contribution in [2.24, 2.45) is 0 Å². The molecule has 5 nitrogen and oxygen atoms in total. The molecule has 1 heterocycles. The average molecular weight is 345 g/mol. The van der Waals surface area contributed by atoms with Crippen molar-refractivity contribution in [2.45, 2.75) is 11.2 Å². The van der Waals surface area contributed by atoms with E-state index in [9.17, 15) is 8.42 Å². The maximum absolute atomic E-state index is 12.7. The third kappa shape index (κ3) is 3.08. The van der Waals surface area contributed by atoms with Gasteiger partial charge in [0.2, 0.25) is 9.84 Å². The van der Waals surface area contributed by atoms with Crippen LogP contribution in [-0.4, -0.2) is 35.5 Å². The van der Waals surface area contributed by atoms with Crippen molar-refractivity contribution in [2.75, 3.05) is 25.7 Å². The van der Waals surface area contributed by atoms with E-state index in [0.717, 1.165) is 5.56 Å². The van der Waals surface area contributed by atoms with Crippen LogP contribution in [0.2, 0.25) is 0 Å². The number of sulfone groups is 1. The van der Waals surface area contributed by atoms with Gasteiger partial charge in [-0.15, -0.1) is 0 Å². The van der Waals surface area contributed by atoms with Crippen molar-refractivity contribution in [3.63, 3.8) is 0 Å². The second-order valence-electron chi connectivity index (χ2n) is 5.39. The summed E-state index contributed by atoms with van der Waals surface area (Å²) in [5.74, 6) is 0. The Hall–Kier alpha value is -2.15. The Kier molecular flexibility index (Phi) is 4.71. The minimum atomic E-state index is -3.51. The van der Waals surface area contributed by atoms with E-state index in [-0.39, 0.29) is 4.90 Å². The number of fused-ring (bicyclic) bond motifs is 1. The number of benzene rings is 2. The SMILES string of the molecule is COC(CN1C(c2ccccc2)=CS(=O)(=O)c2ccccc21)OC. The first kappa shape index (κ1) is 16.7. The highest BCUT2D eigenvalue weighted by Gasteiger charge is 2.31. The molecule has 0 saturated heterocycles. The van der Waals surface area contributed by atoms with Crippen LogP contribution in [-0.2, 0) is 19.3 Å². The minimum absolute atomic E-state index is 0.288. The Morgan fingerprint density at radius 3 is 2.25 bits per heavy atom. The molecule has 0 N–H and O–H groups in total. The summed E-state index contributed by atoms with van der Waals surface area (Å²) in [6.07, 6.45) is -0.481. The van der Waals surface area contributed by atoms with E-state index in [2.05, 4.69) is 0 Å². The van der Waals surface area contributed by atoms with Gasteiger partial charge in [0.15, 0.2) is 6.29 Å². The lowest BCUT2D eigenvalue weighted by atomic mass is 10.1. The Morgan fingerprint density at radius 1 is 0.958 bits per heavy atom. The highest BCUT2D eigenvalue weighted by molar-refractivity contribution is 7.94. The second-order valence-corrected chi connectivity index (χ2v) is 7.16. The Labute approximate surface area is 142 Å². The second kappa shape index (κ2) is 6.76. The Balaban J connectivity index is 2.16. The molecular formula is C18H19NO4S. The third-order valence-corrected chi connectivity index (χ3v) is 5.44. The number of rotatable bonds is 5. The summed E-state index contributed by atoms with van der Waals surface area (Å²) < 4.78 is 35.9. The molecule has 2 aromatic carbocycles. The van der Waals surface area contributed by atoms with Crippen LogP contribution in [0, 0.1) is 0 Å². The molecule has 1 aliphatic rings. The van der Waals surface area contributed by atoms with Gasteiger partial charge in [-0.05, 0) is 17.7 Å². The fourth-order valence-electron chi connectivity index (χ4n) is 2.75. The number of methoxy groups -OCH3 is 2. The highest BCUT2D eigenvalue weighted by Crippen LogP contribution is 2.38. The van der Waals surface area contributed by atoms with E-state index in [1.807, 2.05) is 41.3 Å². The molecule has 24 heavy (non-hydrogen) atoms. The normalized spacial score (nSPS) is 16.0. The fourth-order valence-corrected chi connectivity index (χ4v) is 4.17. The number of ether oxygens (including phenoxy) is 2. The van der Waals surface area contributed by atoms with E-state index < -0.39 is 16.1 Å². The molecule has 0 radical (unpaired) electrons. The largest absolute Gasteiger partial charge is 0.354 e. The molecule has 0 unspecified atom stereocenters. The molecule has 0 aliphatic carbocycles. The number of hydrogen-bond donors (Lipinski definition) is 0. The first-order valence-electron chi connectivity index (χ1n) is 7.51. The van der Waals surface area contributed by atoms with Crippen molar-refractivity contribution < 1.29 is 17.9 Å². The van der Waals surface area contributed by atoms with Gasteiger partial charge >= 0.3 is 0 Å². The standard InChI is InChI=1S/C18H19NO4S/c1-22-18(23-2)12-19-15-10-6-7-11-17(15)24(20,21)13-16(19)14-8-4-3-5-9-14/h3-11,13,18H,12H2,1-2H3. The molecule has 0 fully saturated rings. The van der Waals surface area contributed by atoms with Gasteiger partial charge in [-0.25, -0.2) is 8.42 Å². The molecule has 0 amide bonds. The van der Waals surface area contributed by atoms with Crippen LogP contribution in [0.5, 0.6) is 0 Å². The summed E-state index contributed by atoms with van der Waals surface area (Å²) in [5.41, 5.74) is 2.05. The van der Waals surface area contributed by atoms with Crippen LogP contribution in [0.25, 0.3) is 5.70 Å². The summed E-state index contributed by atoms with van der Waals surface area (Å²) in [6.45, 7) is 0.375. The van der Waals surface area contributed by atoms with Crippen molar-refractivity contribution in [3.8, 4) is 0 Å². The molecule has 0 aromatic heterocycles. The molecule has 3 rings (SSSR count). The lowest BCUT2D eigenvalue weighted by molar-refractivity contribution is -0.0938. The molecule has 2 aromatic rings. The van der Waals surface area contributed by atoms with E-state index >= 15 is 0 Å². The van der Waals surface area contributed by atoms with Gasteiger partial charge < -0.3 is 14.4 Å². The maximum Gasteiger partial charge on any atom is 0.203 e. The lowest BCUT2D eigenvalue weighted by Crippen LogP contribution is -2.36. The molecular weight excluding hydrogens is 326 g/mol. The van der Waals surface area contributed by atoms with Crippen molar-refractivity contribution >= 4 is 21.2 Å². The minimum Gasteiger partial charge on any atom is -0.354 e.